The van der Waals surface area contributed by atoms with E-state index in [4.69, 9.17) is 0 Å². The van der Waals surface area contributed by atoms with Gasteiger partial charge in [-0.25, -0.2) is 0 Å². The first kappa shape index (κ1) is 19.6. The number of benzene rings is 2. The fraction of sp³-hybridized carbons (Fsp3) is 0.308. The summed E-state index contributed by atoms with van der Waals surface area (Å²) in [5.41, 5.74) is 6.55. The molecule has 3 rings (SSSR count). The van der Waals surface area contributed by atoms with Gasteiger partial charge in [0.25, 0.3) is 0 Å². The van der Waals surface area contributed by atoms with Gasteiger partial charge in [-0.15, -0.1) is 11.3 Å². The predicted octanol–water partition coefficient (Wildman–Crippen LogP) is 8.63. The fourth-order valence-electron chi connectivity index (χ4n) is 3.53. The Labute approximate surface area is 168 Å². The Hall–Kier alpha value is -2.12. The Morgan fingerprint density at radius 1 is 0.815 bits per heavy atom. The Balaban J connectivity index is 1.70. The van der Waals surface area contributed by atoms with Gasteiger partial charge in [-0.05, 0) is 58.2 Å². The minimum absolute atomic E-state index is 1.16. The highest BCUT2D eigenvalue weighted by molar-refractivity contribution is 7.13. The summed E-state index contributed by atoms with van der Waals surface area (Å²) in [6.07, 6.45) is 11.2. The van der Waals surface area contributed by atoms with Crippen LogP contribution in [0.25, 0.3) is 27.6 Å². The Morgan fingerprint density at radius 3 is 2.33 bits per heavy atom. The minimum Gasteiger partial charge on any atom is -0.144 e. The summed E-state index contributed by atoms with van der Waals surface area (Å²) in [6, 6.07) is 19.9. The van der Waals surface area contributed by atoms with Crippen molar-refractivity contribution in [2.45, 2.75) is 51.9 Å². The highest BCUT2D eigenvalue weighted by Gasteiger charge is 2.08. The summed E-state index contributed by atoms with van der Waals surface area (Å²) < 4.78 is 0. The number of aryl methyl sites for hydroxylation is 1. The summed E-state index contributed by atoms with van der Waals surface area (Å²) in [5, 5.41) is 2.24. The molecule has 0 amide bonds. The van der Waals surface area contributed by atoms with Crippen molar-refractivity contribution in [1.82, 2.24) is 0 Å². The van der Waals surface area contributed by atoms with Crippen LogP contribution in [0.1, 0.15) is 56.6 Å². The Bertz CT molecular complexity index is 839. The van der Waals surface area contributed by atoms with E-state index in [2.05, 4.69) is 73.5 Å². The maximum Gasteiger partial charge on any atom is 0.0374 e. The van der Waals surface area contributed by atoms with Crippen molar-refractivity contribution in [2.75, 3.05) is 0 Å². The van der Waals surface area contributed by atoms with E-state index in [0.717, 1.165) is 5.56 Å². The van der Waals surface area contributed by atoms with Crippen molar-refractivity contribution in [3.05, 3.63) is 77.7 Å². The van der Waals surface area contributed by atoms with Crippen LogP contribution < -0.4 is 0 Å². The topological polar surface area (TPSA) is 0 Å². The summed E-state index contributed by atoms with van der Waals surface area (Å²) >= 11 is 1.87. The molecule has 0 bridgehead atoms. The fourth-order valence-corrected chi connectivity index (χ4v) is 4.49. The largest absolute Gasteiger partial charge is 0.144 e. The number of rotatable bonds is 10. The van der Waals surface area contributed by atoms with E-state index in [1.54, 1.807) is 0 Å². The summed E-state index contributed by atoms with van der Waals surface area (Å²) in [4.78, 5) is 1.44. The molecule has 0 saturated heterocycles. The molecule has 0 N–H and O–H groups in total. The maximum atomic E-state index is 3.84. The van der Waals surface area contributed by atoms with E-state index in [-0.39, 0.29) is 0 Å². The van der Waals surface area contributed by atoms with E-state index < -0.39 is 0 Å². The van der Waals surface area contributed by atoms with Crippen molar-refractivity contribution < 1.29 is 0 Å². The zero-order valence-electron chi connectivity index (χ0n) is 16.4. The van der Waals surface area contributed by atoms with E-state index in [9.17, 15) is 0 Å². The van der Waals surface area contributed by atoms with Crippen LogP contribution in [0.15, 0.2) is 66.6 Å². The zero-order chi connectivity index (χ0) is 18.9. The molecule has 0 radical (unpaired) electrons. The average molecular weight is 375 g/mol. The maximum absolute atomic E-state index is 3.84. The molecule has 1 heterocycles. The van der Waals surface area contributed by atoms with Crippen LogP contribution in [0.3, 0.4) is 0 Å². The van der Waals surface area contributed by atoms with Crippen LogP contribution in [0.5, 0.6) is 0 Å². The van der Waals surface area contributed by atoms with Crippen LogP contribution in [-0.4, -0.2) is 0 Å². The van der Waals surface area contributed by atoms with Crippen molar-refractivity contribution in [1.29, 1.82) is 0 Å². The van der Waals surface area contributed by atoms with Crippen LogP contribution in [0, 0.1) is 0 Å². The molecule has 0 nitrogen and oxygen atoms in total. The van der Waals surface area contributed by atoms with Crippen LogP contribution in [0.2, 0.25) is 0 Å². The lowest BCUT2D eigenvalue weighted by molar-refractivity contribution is 0.608. The quantitative estimate of drug-likeness (QED) is 0.311. The first-order chi connectivity index (χ1) is 13.3. The van der Waals surface area contributed by atoms with E-state index in [1.165, 1.54) is 72.1 Å². The standard InChI is InChI=1S/C26H30S/c1-3-5-6-7-8-9-11-23-18-19-27-26(23)25-13-10-12-24(20-25)22-16-14-21(4-2)15-17-22/h4,10,12-20H,2-3,5-9,11H2,1H3. The normalized spacial score (nSPS) is 10.9. The van der Waals surface area contributed by atoms with Gasteiger partial charge in [0.05, 0.1) is 0 Å². The third-order valence-electron chi connectivity index (χ3n) is 5.15. The van der Waals surface area contributed by atoms with Crippen molar-refractivity contribution >= 4 is 17.4 Å². The third kappa shape index (κ3) is 5.43. The predicted molar refractivity (Wildman–Crippen MR) is 122 cm³/mol. The van der Waals surface area contributed by atoms with Gasteiger partial charge in [0.1, 0.15) is 0 Å². The van der Waals surface area contributed by atoms with E-state index >= 15 is 0 Å². The van der Waals surface area contributed by atoms with Crippen molar-refractivity contribution in [3.63, 3.8) is 0 Å². The lowest BCUT2D eigenvalue weighted by Gasteiger charge is -2.08. The number of unbranched alkanes of at least 4 members (excludes halogenated alkanes) is 5. The molecule has 0 spiro atoms. The lowest BCUT2D eigenvalue weighted by atomic mass is 9.99. The van der Waals surface area contributed by atoms with Gasteiger partial charge in [-0.1, -0.05) is 94.1 Å². The highest BCUT2D eigenvalue weighted by atomic mass is 32.1. The van der Waals surface area contributed by atoms with Gasteiger partial charge in [-0.3, -0.25) is 0 Å². The lowest BCUT2D eigenvalue weighted by Crippen LogP contribution is -1.87. The van der Waals surface area contributed by atoms with Gasteiger partial charge in [-0.2, -0.15) is 0 Å². The molecular formula is C26H30S. The third-order valence-corrected chi connectivity index (χ3v) is 6.16. The zero-order valence-corrected chi connectivity index (χ0v) is 17.2. The number of thiophene rings is 1. The second-order valence-corrected chi connectivity index (χ2v) is 8.12. The summed E-state index contributed by atoms with van der Waals surface area (Å²) in [6.45, 7) is 6.11. The minimum atomic E-state index is 1.16. The van der Waals surface area contributed by atoms with Gasteiger partial charge in [0.15, 0.2) is 0 Å². The van der Waals surface area contributed by atoms with Crippen molar-refractivity contribution in [3.8, 4) is 21.6 Å². The molecule has 0 aliphatic carbocycles. The van der Waals surface area contributed by atoms with Crippen LogP contribution >= 0.6 is 11.3 Å². The average Bonchev–Trinajstić information content (AvgIpc) is 3.19. The second-order valence-electron chi connectivity index (χ2n) is 7.20. The molecule has 2 aromatic carbocycles. The molecule has 140 valence electrons. The van der Waals surface area contributed by atoms with Crippen LogP contribution in [-0.2, 0) is 6.42 Å². The Morgan fingerprint density at radius 2 is 1.56 bits per heavy atom. The van der Waals surface area contributed by atoms with Gasteiger partial charge in [0, 0.05) is 4.88 Å². The molecule has 0 aliphatic rings. The first-order valence-electron chi connectivity index (χ1n) is 10.2. The van der Waals surface area contributed by atoms with Gasteiger partial charge < -0.3 is 0 Å². The van der Waals surface area contributed by atoms with Gasteiger partial charge in [0.2, 0.25) is 0 Å². The molecule has 1 aromatic heterocycles. The van der Waals surface area contributed by atoms with E-state index in [1.807, 2.05) is 17.4 Å². The molecule has 0 atom stereocenters. The smallest absolute Gasteiger partial charge is 0.0374 e. The molecule has 1 heteroatoms. The van der Waals surface area contributed by atoms with Crippen molar-refractivity contribution in [2.24, 2.45) is 0 Å². The molecular weight excluding hydrogens is 344 g/mol. The van der Waals surface area contributed by atoms with Crippen LogP contribution in [0.4, 0.5) is 0 Å². The summed E-state index contributed by atoms with van der Waals surface area (Å²) in [7, 11) is 0. The molecule has 0 fully saturated rings. The Kier molecular flexibility index (Phi) is 7.47. The number of hydrogen-bond acceptors (Lipinski definition) is 1. The molecule has 0 saturated carbocycles. The SMILES string of the molecule is C=Cc1ccc(-c2cccc(-c3sccc3CCCCCCCC)c2)cc1. The molecule has 0 aliphatic heterocycles. The highest BCUT2D eigenvalue weighted by Crippen LogP contribution is 2.33. The summed E-state index contributed by atoms with van der Waals surface area (Å²) in [5.74, 6) is 0. The first-order valence-corrected chi connectivity index (χ1v) is 11.1. The number of hydrogen-bond donors (Lipinski definition) is 0. The molecule has 3 aromatic rings. The van der Waals surface area contributed by atoms with Gasteiger partial charge >= 0.3 is 0 Å². The monoisotopic (exact) mass is 374 g/mol. The van der Waals surface area contributed by atoms with E-state index in [0.29, 0.717) is 0 Å². The molecule has 0 unspecified atom stereocenters. The second kappa shape index (κ2) is 10.3. The molecule has 27 heavy (non-hydrogen) atoms.